The topological polar surface area (TPSA) is 153 Å². The first-order valence-electron chi connectivity index (χ1n) is 10.8. The summed E-state index contributed by atoms with van der Waals surface area (Å²) in [6.45, 7) is 2.24. The number of furan rings is 1. The molecule has 2 aromatic carbocycles. The van der Waals surface area contributed by atoms with Crippen LogP contribution in [0.4, 0.5) is 11.5 Å². The van der Waals surface area contributed by atoms with Crippen LogP contribution in [0.2, 0.25) is 0 Å². The second kappa shape index (κ2) is 8.53. The molecule has 6 rings (SSSR count). The molecule has 4 aromatic heterocycles. The van der Waals surface area contributed by atoms with E-state index in [1.807, 2.05) is 42.5 Å². The van der Waals surface area contributed by atoms with E-state index in [2.05, 4.69) is 52.0 Å². The molecule has 0 fully saturated rings. The third kappa shape index (κ3) is 3.65. The molecule has 0 atom stereocenters. The van der Waals surface area contributed by atoms with Gasteiger partial charge in [-0.1, -0.05) is 30.3 Å². The number of aromatic nitrogens is 7. The minimum Gasteiger partial charge on any atom is -0.455 e. The number of nitrogens with one attached hydrogen (secondary N) is 2. The molecular formula is C23H16BrN9O3. The lowest BCUT2D eigenvalue weighted by Gasteiger charge is -2.09. The normalized spacial score (nSPS) is 11.4. The fourth-order valence-corrected chi connectivity index (χ4v) is 4.67. The Morgan fingerprint density at radius 3 is 2.81 bits per heavy atom. The van der Waals surface area contributed by atoms with Gasteiger partial charge < -0.3 is 9.73 Å². The summed E-state index contributed by atoms with van der Waals surface area (Å²) >= 11 is 3.71. The summed E-state index contributed by atoms with van der Waals surface area (Å²) in [4.78, 5) is 15.1. The number of aromatic amines is 1. The van der Waals surface area contributed by atoms with Crippen molar-refractivity contribution < 1.29 is 9.34 Å². The molecule has 0 unspecified atom stereocenters. The van der Waals surface area contributed by atoms with Crippen LogP contribution in [0.1, 0.15) is 11.3 Å². The molecule has 0 aliphatic carbocycles. The highest BCUT2D eigenvalue weighted by atomic mass is 79.9. The van der Waals surface area contributed by atoms with Gasteiger partial charge in [0.1, 0.15) is 23.4 Å². The zero-order valence-corrected chi connectivity index (χ0v) is 20.2. The van der Waals surface area contributed by atoms with Crippen LogP contribution in [0.3, 0.4) is 0 Å². The minimum atomic E-state index is -0.489. The predicted octanol–water partition coefficient (Wildman–Crippen LogP) is 4.91. The van der Waals surface area contributed by atoms with Crippen molar-refractivity contribution in [2.24, 2.45) is 0 Å². The third-order valence-corrected chi connectivity index (χ3v) is 6.49. The largest absolute Gasteiger partial charge is 0.455 e. The number of rotatable bonds is 6. The van der Waals surface area contributed by atoms with Gasteiger partial charge in [0.25, 0.3) is 0 Å². The van der Waals surface area contributed by atoms with Crippen LogP contribution in [0.5, 0.6) is 0 Å². The van der Waals surface area contributed by atoms with Crippen molar-refractivity contribution in [3.8, 4) is 22.7 Å². The molecule has 12 nitrogen and oxygen atoms in total. The summed E-state index contributed by atoms with van der Waals surface area (Å²) in [6.07, 6.45) is 1.20. The maximum atomic E-state index is 11.3. The van der Waals surface area contributed by atoms with E-state index >= 15 is 0 Å². The third-order valence-electron chi connectivity index (χ3n) is 5.70. The van der Waals surface area contributed by atoms with E-state index in [1.54, 1.807) is 13.0 Å². The summed E-state index contributed by atoms with van der Waals surface area (Å²) in [6, 6.07) is 15.4. The van der Waals surface area contributed by atoms with Gasteiger partial charge in [-0.05, 0) is 45.8 Å². The first kappa shape index (κ1) is 21.9. The quantitative estimate of drug-likeness (QED) is 0.219. The SMILES string of the molecule is Cc1cc(NCc2ccc3oc(-c4ccccc4-c4nn[nH]n4)c(Br)c3c2)n2ncc([N+](=O)[O-])c2n1. The number of halogens is 1. The molecule has 36 heavy (non-hydrogen) atoms. The Morgan fingerprint density at radius 2 is 2.03 bits per heavy atom. The molecule has 0 saturated heterocycles. The van der Waals surface area contributed by atoms with Gasteiger partial charge >= 0.3 is 5.69 Å². The number of hydrogen-bond donors (Lipinski definition) is 2. The van der Waals surface area contributed by atoms with Gasteiger partial charge in [-0.15, -0.1) is 10.2 Å². The maximum Gasteiger partial charge on any atom is 0.333 e. The lowest BCUT2D eigenvalue weighted by molar-refractivity contribution is -0.383. The number of tetrazole rings is 1. The summed E-state index contributed by atoms with van der Waals surface area (Å²) in [5.41, 5.74) is 4.01. The fraction of sp³-hybridized carbons (Fsp3) is 0.0870. The van der Waals surface area contributed by atoms with Crippen LogP contribution in [0.25, 0.3) is 39.3 Å². The number of nitro groups is 1. The second-order valence-electron chi connectivity index (χ2n) is 8.02. The average Bonchev–Trinajstić information content (AvgIpc) is 3.62. The van der Waals surface area contributed by atoms with E-state index in [1.165, 1.54) is 10.7 Å². The Balaban J connectivity index is 1.34. The fourth-order valence-electron chi connectivity index (χ4n) is 4.07. The molecule has 0 saturated carbocycles. The number of aryl methyl sites for hydroxylation is 1. The van der Waals surface area contributed by atoms with Gasteiger partial charge in [-0.3, -0.25) is 10.1 Å². The van der Waals surface area contributed by atoms with Gasteiger partial charge in [0.15, 0.2) is 0 Å². The van der Waals surface area contributed by atoms with E-state index in [4.69, 9.17) is 4.42 Å². The van der Waals surface area contributed by atoms with Crippen LogP contribution < -0.4 is 5.32 Å². The smallest absolute Gasteiger partial charge is 0.333 e. The summed E-state index contributed by atoms with van der Waals surface area (Å²) in [7, 11) is 0. The number of H-pyrrole nitrogens is 1. The van der Waals surface area contributed by atoms with Crippen molar-refractivity contribution in [1.29, 1.82) is 0 Å². The molecule has 6 aromatic rings. The highest BCUT2D eigenvalue weighted by Gasteiger charge is 2.20. The van der Waals surface area contributed by atoms with Crippen molar-refractivity contribution in [1.82, 2.24) is 35.2 Å². The lowest BCUT2D eigenvalue weighted by Crippen LogP contribution is -2.07. The number of anilines is 1. The van der Waals surface area contributed by atoms with Crippen molar-refractivity contribution in [3.63, 3.8) is 0 Å². The summed E-state index contributed by atoms with van der Waals surface area (Å²) in [5, 5.41) is 34.0. The van der Waals surface area contributed by atoms with Crippen molar-refractivity contribution in [2.45, 2.75) is 13.5 Å². The number of nitrogens with zero attached hydrogens (tertiary/aromatic N) is 7. The first-order valence-corrected chi connectivity index (χ1v) is 11.6. The van der Waals surface area contributed by atoms with Crippen LogP contribution >= 0.6 is 15.9 Å². The van der Waals surface area contributed by atoms with E-state index in [0.717, 1.165) is 26.5 Å². The maximum absolute atomic E-state index is 11.3. The molecule has 2 N–H and O–H groups in total. The molecule has 0 aliphatic heterocycles. The average molecular weight is 546 g/mol. The van der Waals surface area contributed by atoms with Crippen LogP contribution in [0, 0.1) is 17.0 Å². The van der Waals surface area contributed by atoms with Gasteiger partial charge in [-0.25, -0.2) is 4.98 Å². The van der Waals surface area contributed by atoms with Crippen LogP contribution in [-0.2, 0) is 6.54 Å². The highest BCUT2D eigenvalue weighted by Crippen LogP contribution is 2.41. The molecule has 0 spiro atoms. The molecule has 0 aliphatic rings. The molecule has 0 amide bonds. The van der Waals surface area contributed by atoms with Crippen molar-refractivity contribution in [3.05, 3.63) is 80.6 Å². The molecule has 178 valence electrons. The van der Waals surface area contributed by atoms with E-state index in [0.29, 0.717) is 35.2 Å². The van der Waals surface area contributed by atoms with Crippen LogP contribution in [-0.4, -0.2) is 40.1 Å². The van der Waals surface area contributed by atoms with Crippen LogP contribution in [0.15, 0.2) is 63.6 Å². The van der Waals surface area contributed by atoms with Gasteiger partial charge in [0.05, 0.1) is 9.40 Å². The molecule has 0 radical (unpaired) electrons. The molecule has 0 bridgehead atoms. The molecule has 13 heteroatoms. The molecular weight excluding hydrogens is 530 g/mol. The van der Waals surface area contributed by atoms with E-state index in [9.17, 15) is 10.1 Å². The van der Waals surface area contributed by atoms with Gasteiger partial charge in [0, 0.05) is 34.8 Å². The van der Waals surface area contributed by atoms with E-state index in [-0.39, 0.29) is 11.3 Å². The number of hydrogen-bond acceptors (Lipinski definition) is 9. The number of benzene rings is 2. The standard InChI is InChI=1S/C23H16BrN9O3/c1-12-8-19(32-23(27-12)17(11-26-32)33(34)35)25-10-13-6-7-18-16(9-13)20(24)21(36-18)14-4-2-3-5-15(14)22-28-30-31-29-22/h2-9,11,25H,10H2,1H3,(H,28,29,30,31). The monoisotopic (exact) mass is 545 g/mol. The lowest BCUT2D eigenvalue weighted by atomic mass is 10.0. The first-order chi connectivity index (χ1) is 17.5. The Bertz CT molecular complexity index is 1760. The predicted molar refractivity (Wildman–Crippen MR) is 134 cm³/mol. The minimum absolute atomic E-state index is 0.140. The second-order valence-corrected chi connectivity index (χ2v) is 8.81. The molecule has 4 heterocycles. The zero-order chi connectivity index (χ0) is 24.8. The van der Waals surface area contributed by atoms with E-state index < -0.39 is 4.92 Å². The Hall–Kier alpha value is -4.65. The van der Waals surface area contributed by atoms with Crippen molar-refractivity contribution in [2.75, 3.05) is 5.32 Å². The Labute approximate surface area is 210 Å². The summed E-state index contributed by atoms with van der Waals surface area (Å²) in [5.74, 6) is 1.73. The van der Waals surface area contributed by atoms with Gasteiger partial charge in [0.2, 0.25) is 11.5 Å². The van der Waals surface area contributed by atoms with Gasteiger partial charge in [-0.2, -0.15) is 14.8 Å². The number of fused-ring (bicyclic) bond motifs is 2. The Morgan fingerprint density at radius 1 is 1.19 bits per heavy atom. The summed E-state index contributed by atoms with van der Waals surface area (Å²) < 4.78 is 8.44. The van der Waals surface area contributed by atoms with Crippen molar-refractivity contribution >= 4 is 44.1 Å². The Kier molecular flexibility index (Phi) is 5.18. The highest BCUT2D eigenvalue weighted by molar-refractivity contribution is 9.10. The zero-order valence-electron chi connectivity index (χ0n) is 18.6.